The molecule has 4 heteroatoms. The highest BCUT2D eigenvalue weighted by Gasteiger charge is 2.25. The number of nitrogens with zero attached hydrogens (tertiary/aromatic N) is 1. The first-order valence-corrected chi connectivity index (χ1v) is 6.86. The molecular weight excluding hydrogens is 216 g/mol. The smallest absolute Gasteiger partial charge is 0.407 e. The zero-order valence-corrected chi connectivity index (χ0v) is 10.9. The minimum Gasteiger partial charge on any atom is -0.446 e. The molecule has 0 unspecified atom stereocenters. The number of likely N-dealkylation sites (tertiary alicyclic amines) is 1. The fraction of sp³-hybridized carbons (Fsp3) is 0.923. The van der Waals surface area contributed by atoms with Gasteiger partial charge in [0.25, 0.3) is 0 Å². The summed E-state index contributed by atoms with van der Waals surface area (Å²) in [7, 11) is 0. The lowest BCUT2D eigenvalue weighted by molar-refractivity contribution is 0.0475. The maximum Gasteiger partial charge on any atom is 0.407 e. The Labute approximate surface area is 104 Å². The summed E-state index contributed by atoms with van der Waals surface area (Å²) in [6, 6.07) is 0.912. The molecule has 0 radical (unpaired) electrons. The number of nitrogens with one attached hydrogen (secondary N) is 1. The summed E-state index contributed by atoms with van der Waals surface area (Å²) < 4.78 is 5.30. The highest BCUT2D eigenvalue weighted by Crippen LogP contribution is 2.22. The van der Waals surface area contributed by atoms with Crippen LogP contribution in [0.3, 0.4) is 0 Å². The second-order valence-corrected chi connectivity index (χ2v) is 5.51. The topological polar surface area (TPSA) is 41.6 Å². The van der Waals surface area contributed by atoms with Crippen LogP contribution in [0.4, 0.5) is 4.79 Å². The average Bonchev–Trinajstić information content (AvgIpc) is 2.24. The first-order chi connectivity index (χ1) is 8.15. The molecular formula is C13H24N2O2. The molecule has 0 aromatic heterocycles. The zero-order chi connectivity index (χ0) is 12.3. The molecule has 1 saturated carbocycles. The van der Waals surface area contributed by atoms with Crippen molar-refractivity contribution >= 4 is 6.09 Å². The third-order valence-corrected chi connectivity index (χ3v) is 3.91. The summed E-state index contributed by atoms with van der Waals surface area (Å²) in [5.74, 6) is 0. The summed E-state index contributed by atoms with van der Waals surface area (Å²) in [5.41, 5.74) is 0. The first-order valence-electron chi connectivity index (χ1n) is 6.86. The molecule has 0 spiro atoms. The van der Waals surface area contributed by atoms with Crippen molar-refractivity contribution in [1.82, 2.24) is 10.2 Å². The monoisotopic (exact) mass is 240 g/mol. The van der Waals surface area contributed by atoms with Crippen molar-refractivity contribution in [3.63, 3.8) is 0 Å². The molecule has 4 nitrogen and oxygen atoms in total. The summed E-state index contributed by atoms with van der Waals surface area (Å²) in [6.45, 7) is 6.59. The second kappa shape index (κ2) is 5.71. The van der Waals surface area contributed by atoms with Crippen molar-refractivity contribution < 1.29 is 9.53 Å². The van der Waals surface area contributed by atoms with Gasteiger partial charge in [0.2, 0.25) is 0 Å². The standard InChI is InChI=1S/C13H24N2O2/c1-10(2)15-8-6-11(7-9-15)14-13(16)17-12-4-3-5-12/h10-12H,3-9H2,1-2H3,(H,14,16). The predicted octanol–water partition coefficient (Wildman–Crippen LogP) is 2.14. The van der Waals surface area contributed by atoms with E-state index in [9.17, 15) is 4.79 Å². The Morgan fingerprint density at radius 2 is 1.88 bits per heavy atom. The van der Waals surface area contributed by atoms with Crippen molar-refractivity contribution in [1.29, 1.82) is 0 Å². The fourth-order valence-electron chi connectivity index (χ4n) is 2.40. The van der Waals surface area contributed by atoms with Crippen LogP contribution in [0, 0.1) is 0 Å². The van der Waals surface area contributed by atoms with E-state index in [2.05, 4.69) is 24.1 Å². The van der Waals surface area contributed by atoms with E-state index in [1.807, 2.05) is 0 Å². The Hall–Kier alpha value is -0.770. The van der Waals surface area contributed by atoms with E-state index in [0.717, 1.165) is 38.8 Å². The minimum absolute atomic E-state index is 0.186. The van der Waals surface area contributed by atoms with Crippen LogP contribution in [0.15, 0.2) is 0 Å². The molecule has 1 saturated heterocycles. The molecule has 0 bridgehead atoms. The van der Waals surface area contributed by atoms with Crippen LogP contribution in [0.25, 0.3) is 0 Å². The number of ether oxygens (including phenoxy) is 1. The molecule has 2 rings (SSSR count). The molecule has 1 N–H and O–H groups in total. The minimum atomic E-state index is -0.210. The fourth-order valence-corrected chi connectivity index (χ4v) is 2.40. The van der Waals surface area contributed by atoms with Crippen molar-refractivity contribution in [3.8, 4) is 0 Å². The molecule has 0 aromatic carbocycles. The molecule has 2 aliphatic rings. The van der Waals surface area contributed by atoms with Gasteiger partial charge in [-0.05, 0) is 46.0 Å². The third-order valence-electron chi connectivity index (χ3n) is 3.91. The molecule has 0 aromatic rings. The molecule has 1 aliphatic heterocycles. The van der Waals surface area contributed by atoms with Gasteiger partial charge in [0, 0.05) is 25.2 Å². The van der Waals surface area contributed by atoms with Gasteiger partial charge in [-0.1, -0.05) is 0 Å². The Morgan fingerprint density at radius 1 is 1.24 bits per heavy atom. The van der Waals surface area contributed by atoms with E-state index < -0.39 is 0 Å². The van der Waals surface area contributed by atoms with Gasteiger partial charge in [0.15, 0.2) is 0 Å². The Kier molecular flexibility index (Phi) is 4.26. The molecule has 1 aliphatic carbocycles. The van der Waals surface area contributed by atoms with E-state index in [1.54, 1.807) is 0 Å². The van der Waals surface area contributed by atoms with E-state index in [-0.39, 0.29) is 12.2 Å². The first kappa shape index (κ1) is 12.7. The van der Waals surface area contributed by atoms with Gasteiger partial charge in [0.05, 0.1) is 0 Å². The van der Waals surface area contributed by atoms with Gasteiger partial charge in [0.1, 0.15) is 6.10 Å². The maximum atomic E-state index is 11.6. The zero-order valence-electron chi connectivity index (χ0n) is 10.9. The van der Waals surface area contributed by atoms with Crippen molar-refractivity contribution in [3.05, 3.63) is 0 Å². The summed E-state index contributed by atoms with van der Waals surface area (Å²) in [5, 5.41) is 2.99. The van der Waals surface area contributed by atoms with Crippen molar-refractivity contribution in [2.45, 2.75) is 64.1 Å². The number of carbonyl (C=O) groups excluding carboxylic acids is 1. The molecule has 0 atom stereocenters. The van der Waals surface area contributed by atoms with Crippen LogP contribution >= 0.6 is 0 Å². The number of carbonyl (C=O) groups is 1. The van der Waals surface area contributed by atoms with Crippen LogP contribution in [-0.2, 0) is 4.74 Å². The number of piperidine rings is 1. The quantitative estimate of drug-likeness (QED) is 0.821. The highest BCUT2D eigenvalue weighted by molar-refractivity contribution is 5.67. The predicted molar refractivity (Wildman–Crippen MR) is 67.0 cm³/mol. The molecule has 17 heavy (non-hydrogen) atoms. The third kappa shape index (κ3) is 3.60. The van der Waals surface area contributed by atoms with Crippen LogP contribution in [0.2, 0.25) is 0 Å². The van der Waals surface area contributed by atoms with Gasteiger partial charge in [-0.15, -0.1) is 0 Å². The molecule has 98 valence electrons. The van der Waals surface area contributed by atoms with Gasteiger partial charge in [-0.3, -0.25) is 0 Å². The normalized spacial score (nSPS) is 23.5. The number of rotatable bonds is 3. The van der Waals surface area contributed by atoms with E-state index >= 15 is 0 Å². The van der Waals surface area contributed by atoms with Crippen LogP contribution in [-0.4, -0.2) is 42.3 Å². The summed E-state index contributed by atoms with van der Waals surface area (Å²) in [6.07, 6.45) is 5.34. The lowest BCUT2D eigenvalue weighted by Crippen LogP contribution is -2.47. The van der Waals surface area contributed by atoms with Gasteiger partial charge < -0.3 is 15.0 Å². The van der Waals surface area contributed by atoms with Gasteiger partial charge >= 0.3 is 6.09 Å². The van der Waals surface area contributed by atoms with Crippen LogP contribution in [0.5, 0.6) is 0 Å². The van der Waals surface area contributed by atoms with Crippen LogP contribution in [0.1, 0.15) is 46.0 Å². The Morgan fingerprint density at radius 3 is 2.35 bits per heavy atom. The molecule has 2 fully saturated rings. The van der Waals surface area contributed by atoms with Crippen molar-refractivity contribution in [2.24, 2.45) is 0 Å². The largest absolute Gasteiger partial charge is 0.446 e. The van der Waals surface area contributed by atoms with Crippen molar-refractivity contribution in [2.75, 3.05) is 13.1 Å². The highest BCUT2D eigenvalue weighted by atomic mass is 16.6. The molecule has 1 heterocycles. The summed E-state index contributed by atoms with van der Waals surface area (Å²) in [4.78, 5) is 14.0. The maximum absolute atomic E-state index is 11.6. The van der Waals surface area contributed by atoms with Gasteiger partial charge in [-0.25, -0.2) is 4.79 Å². The number of alkyl carbamates (subject to hydrolysis) is 1. The van der Waals surface area contributed by atoms with Gasteiger partial charge in [-0.2, -0.15) is 0 Å². The van der Waals surface area contributed by atoms with E-state index in [4.69, 9.17) is 4.74 Å². The van der Waals surface area contributed by atoms with E-state index in [1.165, 1.54) is 6.42 Å². The van der Waals surface area contributed by atoms with E-state index in [0.29, 0.717) is 12.1 Å². The lowest BCUT2D eigenvalue weighted by Gasteiger charge is -2.35. The SMILES string of the molecule is CC(C)N1CCC(NC(=O)OC2CCC2)CC1. The van der Waals surface area contributed by atoms with Crippen LogP contribution < -0.4 is 5.32 Å². The number of hydrogen-bond donors (Lipinski definition) is 1. The Balaban J connectivity index is 1.65. The average molecular weight is 240 g/mol. The number of amides is 1. The molecule has 1 amide bonds. The Bertz CT molecular complexity index is 256. The second-order valence-electron chi connectivity index (χ2n) is 5.51. The summed E-state index contributed by atoms with van der Waals surface area (Å²) >= 11 is 0. The lowest BCUT2D eigenvalue weighted by atomic mass is 9.96. The number of hydrogen-bond acceptors (Lipinski definition) is 3.